The van der Waals surface area contributed by atoms with Crippen molar-refractivity contribution >= 4 is 23.4 Å². The van der Waals surface area contributed by atoms with Crippen molar-refractivity contribution in [2.24, 2.45) is 0 Å². The van der Waals surface area contributed by atoms with Crippen LogP contribution in [0.15, 0.2) is 17.4 Å². The third-order valence-electron chi connectivity index (χ3n) is 1.97. The summed E-state index contributed by atoms with van der Waals surface area (Å²) in [6.07, 6.45) is 3.36. The van der Waals surface area contributed by atoms with Crippen molar-refractivity contribution in [2.45, 2.75) is 18.0 Å². The van der Waals surface area contributed by atoms with E-state index < -0.39 is 12.5 Å². The first kappa shape index (κ1) is 12.0. The average molecular weight is 259 g/mol. The molecule has 0 amide bonds. The number of hydrogen-bond donors (Lipinski definition) is 1. The molecule has 2 rings (SSSR count). The van der Waals surface area contributed by atoms with Crippen LogP contribution in [0.2, 0.25) is 0 Å². The quantitative estimate of drug-likeness (QED) is 0.850. The molecule has 2 aromatic heterocycles. The van der Waals surface area contributed by atoms with E-state index in [2.05, 4.69) is 20.4 Å². The van der Waals surface area contributed by atoms with Gasteiger partial charge >= 0.3 is 0 Å². The predicted octanol–water partition coefficient (Wildman–Crippen LogP) is 1.91. The maximum atomic E-state index is 12.8. The number of fused-ring (bicyclic) bond motifs is 1. The highest BCUT2D eigenvalue weighted by Gasteiger charge is 2.21. The summed E-state index contributed by atoms with van der Waals surface area (Å²) < 4.78 is 26.9. The van der Waals surface area contributed by atoms with Gasteiger partial charge in [-0.1, -0.05) is 11.8 Å². The molecule has 17 heavy (non-hydrogen) atoms. The Labute approximate surface area is 101 Å². The molecule has 0 spiro atoms. The Morgan fingerprint density at radius 3 is 2.88 bits per heavy atom. The van der Waals surface area contributed by atoms with Crippen molar-refractivity contribution in [1.29, 1.82) is 0 Å². The minimum absolute atomic E-state index is 0.269. The van der Waals surface area contributed by atoms with Gasteiger partial charge < -0.3 is 5.32 Å². The van der Waals surface area contributed by atoms with Crippen LogP contribution >= 0.6 is 11.8 Å². The molecule has 0 fully saturated rings. The van der Waals surface area contributed by atoms with Crippen LogP contribution < -0.4 is 5.32 Å². The molecule has 92 valence electrons. The van der Waals surface area contributed by atoms with Crippen LogP contribution in [0.1, 0.15) is 6.92 Å². The molecule has 0 radical (unpaired) electrons. The third-order valence-corrected chi connectivity index (χ3v) is 2.52. The number of thioether (sulfide) groups is 1. The molecule has 0 unspecified atom stereocenters. The standard InChI is InChI=1S/C9H11F2N5S/c1-9(10,11)5-12-7-15-8(17-2)14-6-3-4-13-16(6)7/h3-4H,5H2,1-2H3,(H,12,14,15). The Bertz CT molecular complexity index is 522. The topological polar surface area (TPSA) is 55.1 Å². The molecule has 0 aromatic carbocycles. The largest absolute Gasteiger partial charge is 0.348 e. The summed E-state index contributed by atoms with van der Waals surface area (Å²) >= 11 is 1.34. The minimum Gasteiger partial charge on any atom is -0.348 e. The SMILES string of the molecule is CSc1nc(NCC(C)(F)F)n2nccc2n1. The highest BCUT2D eigenvalue weighted by Crippen LogP contribution is 2.16. The van der Waals surface area contributed by atoms with Gasteiger partial charge in [-0.25, -0.2) is 13.8 Å². The van der Waals surface area contributed by atoms with Gasteiger partial charge in [0.1, 0.15) is 0 Å². The van der Waals surface area contributed by atoms with Crippen molar-refractivity contribution in [3.8, 4) is 0 Å². The molecule has 0 saturated carbocycles. The lowest BCUT2D eigenvalue weighted by molar-refractivity contribution is 0.0365. The van der Waals surface area contributed by atoms with Gasteiger partial charge in [-0.05, 0) is 6.26 Å². The van der Waals surface area contributed by atoms with Crippen molar-refractivity contribution in [1.82, 2.24) is 19.6 Å². The van der Waals surface area contributed by atoms with Gasteiger partial charge in [0.15, 0.2) is 10.8 Å². The first-order valence-corrected chi connectivity index (χ1v) is 6.09. The molecule has 0 aliphatic heterocycles. The van der Waals surface area contributed by atoms with Gasteiger partial charge in [0, 0.05) is 13.0 Å². The molecule has 5 nitrogen and oxygen atoms in total. The number of nitrogens with one attached hydrogen (secondary N) is 1. The smallest absolute Gasteiger partial charge is 0.262 e. The van der Waals surface area contributed by atoms with Crippen LogP contribution in [0.3, 0.4) is 0 Å². The summed E-state index contributed by atoms with van der Waals surface area (Å²) in [7, 11) is 0. The van der Waals surface area contributed by atoms with Crippen molar-refractivity contribution < 1.29 is 8.78 Å². The van der Waals surface area contributed by atoms with Crippen LogP contribution in [0, 0.1) is 0 Å². The number of halogens is 2. The second-order valence-corrected chi connectivity index (χ2v) is 4.33. The first-order valence-electron chi connectivity index (χ1n) is 4.87. The fourth-order valence-electron chi connectivity index (χ4n) is 1.25. The van der Waals surface area contributed by atoms with E-state index in [1.807, 2.05) is 6.26 Å². The fourth-order valence-corrected chi connectivity index (χ4v) is 1.61. The van der Waals surface area contributed by atoms with Gasteiger partial charge in [-0.15, -0.1) is 0 Å². The number of aromatic nitrogens is 4. The third kappa shape index (κ3) is 2.82. The Kier molecular flexibility index (Phi) is 3.14. The van der Waals surface area contributed by atoms with E-state index in [0.29, 0.717) is 10.8 Å². The Morgan fingerprint density at radius 2 is 2.24 bits per heavy atom. The van der Waals surface area contributed by atoms with E-state index in [0.717, 1.165) is 6.92 Å². The molecule has 0 bridgehead atoms. The van der Waals surface area contributed by atoms with Gasteiger partial charge in [-0.2, -0.15) is 14.6 Å². The molecule has 0 aliphatic rings. The second-order valence-electron chi connectivity index (χ2n) is 3.56. The van der Waals surface area contributed by atoms with Crippen LogP contribution in [0.4, 0.5) is 14.7 Å². The molecule has 0 atom stereocenters. The molecule has 0 aliphatic carbocycles. The number of anilines is 1. The molecule has 8 heteroatoms. The monoisotopic (exact) mass is 259 g/mol. The van der Waals surface area contributed by atoms with E-state index >= 15 is 0 Å². The number of rotatable bonds is 4. The maximum absolute atomic E-state index is 12.8. The Morgan fingerprint density at radius 1 is 1.47 bits per heavy atom. The molecule has 2 aromatic rings. The van der Waals surface area contributed by atoms with Crippen LogP contribution in [0.5, 0.6) is 0 Å². The van der Waals surface area contributed by atoms with E-state index in [1.165, 1.54) is 16.3 Å². The van der Waals surface area contributed by atoms with E-state index in [-0.39, 0.29) is 5.95 Å². The molecule has 2 heterocycles. The predicted molar refractivity (Wildman–Crippen MR) is 61.7 cm³/mol. The maximum Gasteiger partial charge on any atom is 0.262 e. The Hall–Kier alpha value is -1.44. The van der Waals surface area contributed by atoms with Crippen molar-refractivity contribution in [3.63, 3.8) is 0 Å². The van der Waals surface area contributed by atoms with Gasteiger partial charge in [0.05, 0.1) is 12.7 Å². The Balaban J connectivity index is 2.34. The zero-order valence-electron chi connectivity index (χ0n) is 9.31. The lowest BCUT2D eigenvalue weighted by Crippen LogP contribution is -2.24. The lowest BCUT2D eigenvalue weighted by Gasteiger charge is -2.12. The molecule has 1 N–H and O–H groups in total. The summed E-state index contributed by atoms with van der Waals surface area (Å²) in [5.41, 5.74) is 0.575. The number of nitrogens with zero attached hydrogens (tertiary/aromatic N) is 4. The van der Waals surface area contributed by atoms with E-state index in [4.69, 9.17) is 0 Å². The summed E-state index contributed by atoms with van der Waals surface area (Å²) in [5, 5.41) is 7.06. The average Bonchev–Trinajstić information content (AvgIpc) is 2.72. The van der Waals surface area contributed by atoms with E-state index in [1.54, 1.807) is 12.3 Å². The van der Waals surface area contributed by atoms with Crippen LogP contribution in [0.25, 0.3) is 5.65 Å². The highest BCUT2D eigenvalue weighted by atomic mass is 32.2. The van der Waals surface area contributed by atoms with Crippen LogP contribution in [-0.2, 0) is 0 Å². The summed E-state index contributed by atoms with van der Waals surface area (Å²) in [4.78, 5) is 8.29. The zero-order chi connectivity index (χ0) is 12.5. The zero-order valence-corrected chi connectivity index (χ0v) is 10.1. The number of hydrogen-bond acceptors (Lipinski definition) is 5. The van der Waals surface area contributed by atoms with E-state index in [9.17, 15) is 8.78 Å². The first-order chi connectivity index (χ1) is 7.99. The summed E-state index contributed by atoms with van der Waals surface area (Å²) in [6, 6.07) is 1.69. The van der Waals surface area contributed by atoms with Gasteiger partial charge in [0.25, 0.3) is 5.92 Å². The van der Waals surface area contributed by atoms with Crippen LogP contribution in [-0.4, -0.2) is 38.3 Å². The van der Waals surface area contributed by atoms with Gasteiger partial charge in [0.2, 0.25) is 5.95 Å². The minimum atomic E-state index is -2.80. The van der Waals surface area contributed by atoms with Crippen molar-refractivity contribution in [3.05, 3.63) is 12.3 Å². The van der Waals surface area contributed by atoms with Crippen molar-refractivity contribution in [2.75, 3.05) is 18.1 Å². The second kappa shape index (κ2) is 4.44. The summed E-state index contributed by atoms with van der Waals surface area (Å²) in [5.74, 6) is -2.53. The number of alkyl halides is 2. The summed E-state index contributed by atoms with van der Waals surface area (Å²) in [6.45, 7) is 0.351. The lowest BCUT2D eigenvalue weighted by atomic mass is 10.4. The molecular formula is C9H11F2N5S. The highest BCUT2D eigenvalue weighted by molar-refractivity contribution is 7.98. The molecular weight excluding hydrogens is 248 g/mol. The fraction of sp³-hybridized carbons (Fsp3) is 0.444. The van der Waals surface area contributed by atoms with Gasteiger partial charge in [-0.3, -0.25) is 0 Å². The normalized spacial score (nSPS) is 12.0. The molecule has 0 saturated heterocycles.